The second kappa shape index (κ2) is 11.2. The van der Waals surface area contributed by atoms with Crippen LogP contribution in [0.25, 0.3) is 0 Å². The van der Waals surface area contributed by atoms with Crippen LogP contribution in [0.1, 0.15) is 45.4 Å². The van der Waals surface area contributed by atoms with Crippen molar-refractivity contribution in [1.29, 1.82) is 0 Å². The Hall–Kier alpha value is -0.300. The molecule has 0 aromatic carbocycles. The lowest BCUT2D eigenvalue weighted by molar-refractivity contribution is -0.183. The molecule has 2 aliphatic rings. The van der Waals surface area contributed by atoms with E-state index in [1.54, 1.807) is 0 Å². The van der Waals surface area contributed by atoms with E-state index in [2.05, 4.69) is 15.6 Å². The maximum absolute atomic E-state index is 13.0. The van der Waals surface area contributed by atoms with Gasteiger partial charge < -0.3 is 10.6 Å². The van der Waals surface area contributed by atoms with Crippen LogP contribution in [0.4, 0.5) is 13.2 Å². The van der Waals surface area contributed by atoms with Gasteiger partial charge in [-0.05, 0) is 44.9 Å². The van der Waals surface area contributed by atoms with Gasteiger partial charge in [0.1, 0.15) is 0 Å². The second-order valence-electron chi connectivity index (χ2n) is 7.57. The van der Waals surface area contributed by atoms with Gasteiger partial charge in [-0.3, -0.25) is 4.99 Å². The van der Waals surface area contributed by atoms with Crippen LogP contribution in [0.2, 0.25) is 0 Å². The molecule has 0 amide bonds. The fourth-order valence-corrected chi connectivity index (χ4v) is 4.65. The lowest BCUT2D eigenvalue weighted by Gasteiger charge is -2.32. The summed E-state index contributed by atoms with van der Waals surface area (Å²) in [5.74, 6) is -0.407. The number of alkyl halides is 3. The van der Waals surface area contributed by atoms with Gasteiger partial charge in [0, 0.05) is 32.2 Å². The summed E-state index contributed by atoms with van der Waals surface area (Å²) in [5.41, 5.74) is 0. The molecule has 2 unspecified atom stereocenters. The molecule has 1 aliphatic carbocycles. The first-order chi connectivity index (χ1) is 12.6. The van der Waals surface area contributed by atoms with E-state index in [0.717, 1.165) is 12.8 Å². The number of hydrogen-bond donors (Lipinski definition) is 2. The Kier molecular flexibility index (Phi) is 10.3. The number of aliphatic imine (C=N–C) groups is 1. The predicted octanol–water partition coefficient (Wildman–Crippen LogP) is 2.95. The molecular formula is C17H32F3IN4O2S. The number of rotatable bonds is 5. The minimum atomic E-state index is -4.14. The van der Waals surface area contributed by atoms with E-state index in [1.807, 2.05) is 6.92 Å². The number of piperidine rings is 1. The van der Waals surface area contributed by atoms with Crippen LogP contribution >= 0.6 is 24.0 Å². The first kappa shape index (κ1) is 25.7. The first-order valence-corrected chi connectivity index (χ1v) is 11.5. The van der Waals surface area contributed by atoms with Gasteiger partial charge in [-0.1, -0.05) is 6.42 Å². The van der Waals surface area contributed by atoms with E-state index >= 15 is 0 Å². The highest BCUT2D eigenvalue weighted by Gasteiger charge is 2.42. The monoisotopic (exact) mass is 540 g/mol. The summed E-state index contributed by atoms with van der Waals surface area (Å²) < 4.78 is 63.6. The fourth-order valence-electron chi connectivity index (χ4n) is 3.78. The molecular weight excluding hydrogens is 508 g/mol. The van der Waals surface area contributed by atoms with Crippen molar-refractivity contribution >= 4 is 40.0 Å². The average molecular weight is 540 g/mol. The minimum Gasteiger partial charge on any atom is -0.357 e. The molecule has 6 nitrogen and oxygen atoms in total. The summed E-state index contributed by atoms with van der Waals surface area (Å²) >= 11 is 0. The number of halogens is 4. The van der Waals surface area contributed by atoms with Gasteiger partial charge in [-0.15, -0.1) is 24.0 Å². The molecule has 0 spiro atoms. The molecule has 28 heavy (non-hydrogen) atoms. The number of sulfonamides is 1. The van der Waals surface area contributed by atoms with E-state index in [4.69, 9.17) is 0 Å². The summed E-state index contributed by atoms with van der Waals surface area (Å²) in [5, 5.41) is 6.27. The van der Waals surface area contributed by atoms with E-state index in [-0.39, 0.29) is 48.8 Å². The molecule has 1 heterocycles. The molecule has 1 saturated heterocycles. The van der Waals surface area contributed by atoms with E-state index < -0.39 is 22.1 Å². The van der Waals surface area contributed by atoms with Crippen LogP contribution in [0.3, 0.4) is 0 Å². The molecule has 1 saturated carbocycles. The summed E-state index contributed by atoms with van der Waals surface area (Å²) in [6.07, 6.45) is 0.134. The van der Waals surface area contributed by atoms with Crippen molar-refractivity contribution in [3.63, 3.8) is 0 Å². The van der Waals surface area contributed by atoms with Gasteiger partial charge in [0.25, 0.3) is 0 Å². The second-order valence-corrected chi connectivity index (χ2v) is 9.55. The highest BCUT2D eigenvalue weighted by atomic mass is 127. The van der Waals surface area contributed by atoms with Crippen molar-refractivity contribution in [3.8, 4) is 0 Å². The highest BCUT2D eigenvalue weighted by molar-refractivity contribution is 14.0. The molecule has 0 bridgehead atoms. The van der Waals surface area contributed by atoms with Gasteiger partial charge in [-0.2, -0.15) is 13.2 Å². The summed E-state index contributed by atoms with van der Waals surface area (Å²) in [4.78, 5) is 4.55. The van der Waals surface area contributed by atoms with Crippen LogP contribution in [0.5, 0.6) is 0 Å². The zero-order chi connectivity index (χ0) is 20.1. The van der Waals surface area contributed by atoms with Gasteiger partial charge in [-0.25, -0.2) is 12.7 Å². The zero-order valence-electron chi connectivity index (χ0n) is 16.5. The van der Waals surface area contributed by atoms with Crippen LogP contribution < -0.4 is 10.6 Å². The number of nitrogens with one attached hydrogen (secondary N) is 2. The minimum absolute atomic E-state index is 0. The molecule has 2 N–H and O–H groups in total. The Morgan fingerprint density at radius 1 is 1.18 bits per heavy atom. The Labute approximate surface area is 183 Å². The molecule has 166 valence electrons. The smallest absolute Gasteiger partial charge is 0.357 e. The maximum atomic E-state index is 13.0. The topological polar surface area (TPSA) is 73.8 Å². The number of nitrogens with zero attached hydrogens (tertiary/aromatic N) is 2. The largest absolute Gasteiger partial charge is 0.391 e. The summed E-state index contributed by atoms with van der Waals surface area (Å²) in [6.45, 7) is 4.09. The molecule has 2 atom stereocenters. The van der Waals surface area contributed by atoms with Crippen molar-refractivity contribution in [1.82, 2.24) is 14.9 Å². The van der Waals surface area contributed by atoms with Crippen molar-refractivity contribution in [2.24, 2.45) is 16.8 Å². The van der Waals surface area contributed by atoms with Crippen molar-refractivity contribution in [2.45, 2.75) is 57.7 Å². The standard InChI is InChI=1S/C17H31F3N4O2S.HI/c1-3-21-16(23-15-6-4-5-14(11-15)17(18,19)20)22-12-13-7-9-24(10-8-13)27(2,25)26;/h13-15H,3-12H2,1-2H3,(H2,21,22,23);1H. The van der Waals surface area contributed by atoms with Gasteiger partial charge in [0.05, 0.1) is 12.2 Å². The lowest BCUT2D eigenvalue weighted by Crippen LogP contribution is -2.47. The molecule has 1 aliphatic heterocycles. The van der Waals surface area contributed by atoms with Crippen molar-refractivity contribution < 1.29 is 21.6 Å². The predicted molar refractivity (Wildman–Crippen MR) is 115 cm³/mol. The molecule has 2 fully saturated rings. The Balaban J connectivity index is 0.00000392. The molecule has 0 aromatic rings. The third-order valence-corrected chi connectivity index (χ3v) is 6.68. The molecule has 0 aromatic heterocycles. The van der Waals surface area contributed by atoms with Gasteiger partial charge in [0.15, 0.2) is 5.96 Å². The maximum Gasteiger partial charge on any atom is 0.391 e. The lowest BCUT2D eigenvalue weighted by atomic mass is 9.85. The van der Waals surface area contributed by atoms with Crippen LogP contribution in [-0.4, -0.2) is 63.3 Å². The first-order valence-electron chi connectivity index (χ1n) is 9.66. The van der Waals surface area contributed by atoms with E-state index in [1.165, 1.54) is 10.6 Å². The third kappa shape index (κ3) is 8.21. The van der Waals surface area contributed by atoms with Crippen LogP contribution in [0, 0.1) is 11.8 Å². The average Bonchev–Trinajstić information content (AvgIpc) is 2.59. The van der Waals surface area contributed by atoms with Crippen molar-refractivity contribution in [2.75, 3.05) is 32.4 Å². The van der Waals surface area contributed by atoms with E-state index in [0.29, 0.717) is 45.0 Å². The van der Waals surface area contributed by atoms with Gasteiger partial charge >= 0.3 is 6.18 Å². The Morgan fingerprint density at radius 3 is 2.36 bits per heavy atom. The summed E-state index contributed by atoms with van der Waals surface area (Å²) in [7, 11) is -3.14. The zero-order valence-corrected chi connectivity index (χ0v) is 19.6. The van der Waals surface area contributed by atoms with E-state index in [9.17, 15) is 21.6 Å². The molecule has 2 rings (SSSR count). The number of guanidine groups is 1. The normalized spacial score (nSPS) is 25.8. The third-order valence-electron chi connectivity index (χ3n) is 5.37. The molecule has 11 heteroatoms. The highest BCUT2D eigenvalue weighted by Crippen LogP contribution is 2.37. The van der Waals surface area contributed by atoms with Crippen LogP contribution in [0.15, 0.2) is 4.99 Å². The van der Waals surface area contributed by atoms with Crippen molar-refractivity contribution in [3.05, 3.63) is 0 Å². The van der Waals surface area contributed by atoms with Gasteiger partial charge in [0.2, 0.25) is 10.0 Å². The quantitative estimate of drug-likeness (QED) is 0.320. The molecule has 0 radical (unpaired) electrons. The Bertz CT molecular complexity index is 608. The van der Waals surface area contributed by atoms with Crippen LogP contribution in [-0.2, 0) is 10.0 Å². The summed E-state index contributed by atoms with van der Waals surface area (Å²) in [6, 6.07) is -0.227. The fraction of sp³-hybridized carbons (Fsp3) is 0.941. The number of hydrogen-bond acceptors (Lipinski definition) is 3. The Morgan fingerprint density at radius 2 is 1.82 bits per heavy atom. The SMILES string of the molecule is CCNC(=NCC1CCN(S(C)(=O)=O)CC1)NC1CCCC(C(F)(F)F)C1.I.